The topological polar surface area (TPSA) is 71.9 Å². The lowest BCUT2D eigenvalue weighted by Crippen LogP contribution is -2.31. The number of alkyl halides is 3. The van der Waals surface area contributed by atoms with Gasteiger partial charge in [0.2, 0.25) is 11.7 Å². The number of amides is 1. The largest absolute Gasteiger partial charge is 0.451 e. The lowest BCUT2D eigenvalue weighted by Gasteiger charge is -2.17. The summed E-state index contributed by atoms with van der Waals surface area (Å²) in [6.45, 7) is 5.09. The van der Waals surface area contributed by atoms with Gasteiger partial charge in [-0.15, -0.1) is 10.2 Å². The number of aromatic nitrogens is 4. The first-order valence-electron chi connectivity index (χ1n) is 8.57. The number of para-hydroxylation sites is 1. The van der Waals surface area contributed by atoms with E-state index < -0.39 is 12.0 Å². The summed E-state index contributed by atoms with van der Waals surface area (Å²) in [5, 5.41) is 8.71. The summed E-state index contributed by atoms with van der Waals surface area (Å²) >= 11 is 3.47. The van der Waals surface area contributed by atoms with E-state index in [1.165, 1.54) is 29.2 Å². The highest BCUT2D eigenvalue weighted by Gasteiger charge is 2.35. The molecule has 2 heterocycles. The van der Waals surface area contributed by atoms with E-state index >= 15 is 0 Å². The molecule has 1 amide bonds. The van der Waals surface area contributed by atoms with Crippen molar-refractivity contribution in [3.8, 4) is 0 Å². The molecule has 0 saturated carbocycles. The van der Waals surface area contributed by atoms with Crippen molar-refractivity contribution >= 4 is 51.7 Å². The normalized spacial score (nSPS) is 11.8. The fraction of sp³-hybridized carbons (Fsp3) is 0.353. The van der Waals surface area contributed by atoms with Gasteiger partial charge >= 0.3 is 6.18 Å². The number of benzene rings is 1. The first-order chi connectivity index (χ1) is 13.8. The van der Waals surface area contributed by atoms with Crippen LogP contribution in [-0.4, -0.2) is 49.8 Å². The molecule has 0 bridgehead atoms. The molecule has 0 unspecified atom stereocenters. The molecular weight excluding hydrogens is 443 g/mol. The Kier molecular flexibility index (Phi) is 6.96. The number of hydrogen-bond donors (Lipinski definition) is 0. The smallest absolute Gasteiger partial charge is 0.343 e. The third kappa shape index (κ3) is 5.37. The van der Waals surface area contributed by atoms with Crippen LogP contribution in [0.4, 0.5) is 13.2 Å². The second kappa shape index (κ2) is 9.26. The predicted octanol–water partition coefficient (Wildman–Crippen LogP) is 4.61. The predicted molar refractivity (Wildman–Crippen MR) is 107 cm³/mol. The molecule has 0 atom stereocenters. The highest BCUT2D eigenvalue weighted by Crippen LogP contribution is 2.37. The molecule has 0 aliphatic heterocycles. The summed E-state index contributed by atoms with van der Waals surface area (Å²) in [5.74, 6) is -0.959. The van der Waals surface area contributed by atoms with E-state index in [1.807, 2.05) is 13.8 Å². The molecule has 29 heavy (non-hydrogen) atoms. The van der Waals surface area contributed by atoms with Gasteiger partial charge in [0, 0.05) is 18.5 Å². The molecular formula is C17H16F3N5OS3. The van der Waals surface area contributed by atoms with Gasteiger partial charge in [-0.25, -0.2) is 9.97 Å². The van der Waals surface area contributed by atoms with Crippen molar-refractivity contribution in [1.82, 2.24) is 25.1 Å². The summed E-state index contributed by atoms with van der Waals surface area (Å²) in [7, 11) is 0. The van der Waals surface area contributed by atoms with Gasteiger partial charge in [-0.1, -0.05) is 41.3 Å². The molecule has 0 saturated heterocycles. The minimum atomic E-state index is -4.65. The first-order valence-corrected chi connectivity index (χ1v) is 11.2. The van der Waals surface area contributed by atoms with Crippen molar-refractivity contribution in [2.24, 2.45) is 0 Å². The van der Waals surface area contributed by atoms with Crippen LogP contribution in [0.2, 0.25) is 0 Å². The Balaban J connectivity index is 1.79. The maximum Gasteiger partial charge on any atom is 0.451 e. The summed E-state index contributed by atoms with van der Waals surface area (Å²) in [5.41, 5.74) is 0.209. The number of carbonyl (C=O) groups is 1. The van der Waals surface area contributed by atoms with Crippen molar-refractivity contribution in [3.63, 3.8) is 0 Å². The highest BCUT2D eigenvalue weighted by molar-refractivity contribution is 8.03. The van der Waals surface area contributed by atoms with Crippen molar-refractivity contribution in [2.45, 2.75) is 33.7 Å². The molecule has 12 heteroatoms. The van der Waals surface area contributed by atoms with Crippen molar-refractivity contribution in [1.29, 1.82) is 0 Å². The Morgan fingerprint density at radius 3 is 2.48 bits per heavy atom. The van der Waals surface area contributed by atoms with E-state index in [0.29, 0.717) is 27.2 Å². The third-order valence-corrected chi connectivity index (χ3v) is 6.93. The zero-order chi connectivity index (χ0) is 21.0. The summed E-state index contributed by atoms with van der Waals surface area (Å²) in [6, 6.07) is 6.51. The molecule has 2 aromatic heterocycles. The number of halogens is 3. The van der Waals surface area contributed by atoms with Gasteiger partial charge in [0.15, 0.2) is 8.68 Å². The molecule has 6 nitrogen and oxygen atoms in total. The zero-order valence-electron chi connectivity index (χ0n) is 15.4. The van der Waals surface area contributed by atoms with Crippen LogP contribution in [0.3, 0.4) is 0 Å². The van der Waals surface area contributed by atoms with E-state index in [1.54, 1.807) is 23.1 Å². The maximum absolute atomic E-state index is 13.1. The summed E-state index contributed by atoms with van der Waals surface area (Å²) in [4.78, 5) is 21.1. The first kappa shape index (κ1) is 21.8. The van der Waals surface area contributed by atoms with Gasteiger partial charge in [-0.2, -0.15) is 13.2 Å². The van der Waals surface area contributed by atoms with Gasteiger partial charge in [0.1, 0.15) is 5.03 Å². The molecule has 0 spiro atoms. The van der Waals surface area contributed by atoms with E-state index in [4.69, 9.17) is 0 Å². The van der Waals surface area contributed by atoms with Crippen LogP contribution in [-0.2, 0) is 11.0 Å². The minimum Gasteiger partial charge on any atom is -0.343 e. The number of rotatable bonds is 7. The second-order valence-electron chi connectivity index (χ2n) is 5.66. The van der Waals surface area contributed by atoms with Crippen molar-refractivity contribution < 1.29 is 18.0 Å². The number of hydrogen-bond acceptors (Lipinski definition) is 8. The Morgan fingerprint density at radius 1 is 1.10 bits per heavy atom. The Labute approximate surface area is 177 Å². The van der Waals surface area contributed by atoms with Crippen LogP contribution in [0.1, 0.15) is 19.7 Å². The number of carbonyl (C=O) groups excluding carboxylic acids is 1. The average Bonchev–Trinajstić information content (AvgIpc) is 3.14. The zero-order valence-corrected chi connectivity index (χ0v) is 17.9. The van der Waals surface area contributed by atoms with Gasteiger partial charge in [-0.05, 0) is 31.7 Å². The fourth-order valence-electron chi connectivity index (χ4n) is 2.42. The molecule has 0 radical (unpaired) electrons. The fourth-order valence-corrected chi connectivity index (χ4v) is 5.37. The number of fused-ring (bicyclic) bond motifs is 1. The number of nitrogens with zero attached hydrogens (tertiary/aromatic N) is 5. The lowest BCUT2D eigenvalue weighted by atomic mass is 10.2. The number of thioether (sulfide) groups is 1. The van der Waals surface area contributed by atoms with E-state index in [0.717, 1.165) is 11.8 Å². The lowest BCUT2D eigenvalue weighted by molar-refractivity contribution is -0.145. The molecule has 0 fully saturated rings. The minimum absolute atomic E-state index is 0.000941. The van der Waals surface area contributed by atoms with Crippen LogP contribution >= 0.6 is 34.9 Å². The quantitative estimate of drug-likeness (QED) is 0.377. The maximum atomic E-state index is 13.1. The van der Waals surface area contributed by atoms with Gasteiger partial charge in [0.05, 0.1) is 11.3 Å². The third-order valence-electron chi connectivity index (χ3n) is 3.83. The van der Waals surface area contributed by atoms with Crippen LogP contribution in [0, 0.1) is 0 Å². The van der Waals surface area contributed by atoms with E-state index in [-0.39, 0.29) is 22.2 Å². The van der Waals surface area contributed by atoms with Gasteiger partial charge < -0.3 is 4.90 Å². The van der Waals surface area contributed by atoms with Crippen LogP contribution in [0.15, 0.2) is 38.0 Å². The van der Waals surface area contributed by atoms with Crippen molar-refractivity contribution in [3.05, 3.63) is 30.1 Å². The SMILES string of the molecule is CCN(CC)C(=O)CSc1nnc(Sc2nc(C(F)(F)F)nc3ccccc23)s1. The van der Waals surface area contributed by atoms with Crippen molar-refractivity contribution in [2.75, 3.05) is 18.8 Å². The van der Waals surface area contributed by atoms with Crippen LogP contribution in [0.25, 0.3) is 10.9 Å². The molecule has 1 aromatic carbocycles. The average molecular weight is 460 g/mol. The monoisotopic (exact) mass is 459 g/mol. The van der Waals surface area contributed by atoms with Crippen LogP contribution < -0.4 is 0 Å². The van der Waals surface area contributed by atoms with Gasteiger partial charge in [0.25, 0.3) is 0 Å². The van der Waals surface area contributed by atoms with Crippen LogP contribution in [0.5, 0.6) is 0 Å². The molecule has 0 aliphatic carbocycles. The standard InChI is InChI=1S/C17H16F3N5OS3/c1-3-25(4-2)12(26)9-27-15-23-24-16(29-15)28-13-10-7-5-6-8-11(10)21-14(22-13)17(18,19)20/h5-8H,3-4,9H2,1-2H3. The molecule has 3 rings (SSSR count). The summed E-state index contributed by atoms with van der Waals surface area (Å²) < 4.78 is 40.4. The second-order valence-corrected chi connectivity index (χ2v) is 9.09. The van der Waals surface area contributed by atoms with Gasteiger partial charge in [-0.3, -0.25) is 4.79 Å². The molecule has 0 aliphatic rings. The van der Waals surface area contributed by atoms with E-state index in [9.17, 15) is 18.0 Å². The Morgan fingerprint density at radius 2 is 1.79 bits per heavy atom. The van der Waals surface area contributed by atoms with E-state index in [2.05, 4.69) is 20.2 Å². The molecule has 154 valence electrons. The Bertz CT molecular complexity index is 1010. The molecule has 0 N–H and O–H groups in total. The Hall–Kier alpha value is -1.92. The highest BCUT2D eigenvalue weighted by atomic mass is 32.2. The molecule has 3 aromatic rings. The summed E-state index contributed by atoms with van der Waals surface area (Å²) in [6.07, 6.45) is -4.65.